The Hall–Kier alpha value is -1.30. The molecule has 1 aliphatic rings. The van der Waals surface area contributed by atoms with Crippen LogP contribution in [0.1, 0.15) is 59.2 Å². The summed E-state index contributed by atoms with van der Waals surface area (Å²) in [4.78, 5) is 0. The Kier molecular flexibility index (Phi) is 4.80. The monoisotopic (exact) mass is 333 g/mol. The fourth-order valence-electron chi connectivity index (χ4n) is 3.21. The molecule has 126 valence electrons. The molecule has 0 amide bonds. The predicted octanol–water partition coefficient (Wildman–Crippen LogP) is 3.90. The summed E-state index contributed by atoms with van der Waals surface area (Å²) in [5.74, 6) is 3.03. The second-order valence-electron chi connectivity index (χ2n) is 7.35. The summed E-state index contributed by atoms with van der Waals surface area (Å²) < 4.78 is 1.88. The molecule has 2 aromatic rings. The number of fused-ring (bicyclic) bond motifs is 1. The first-order valence-electron chi connectivity index (χ1n) is 8.58. The van der Waals surface area contributed by atoms with Crippen LogP contribution in [0, 0.1) is 0 Å². The van der Waals surface area contributed by atoms with Gasteiger partial charge in [0.05, 0.1) is 0 Å². The molecular weight excluding hydrogens is 306 g/mol. The molecule has 6 heteroatoms. The first kappa shape index (κ1) is 16.6. The standard InChI is InChI=1S/C17H27N5S/c1-5-23-13-8-6-7-12(11-13)18-14-9-10-15-19-20-16(17(2,3)4)22(15)21-14/h9-10,12-13H,5-8,11H2,1-4H3,(H,18,21). The van der Waals surface area contributed by atoms with E-state index in [0.29, 0.717) is 6.04 Å². The predicted molar refractivity (Wildman–Crippen MR) is 97.3 cm³/mol. The Labute approximate surface area is 142 Å². The summed E-state index contributed by atoms with van der Waals surface area (Å²) in [7, 11) is 0. The lowest BCUT2D eigenvalue weighted by atomic mass is 9.95. The van der Waals surface area contributed by atoms with Crippen molar-refractivity contribution in [3.8, 4) is 0 Å². The van der Waals surface area contributed by atoms with Crippen molar-refractivity contribution >= 4 is 23.2 Å². The third-order valence-corrected chi connectivity index (χ3v) is 5.55. The normalized spacial score (nSPS) is 22.4. The van der Waals surface area contributed by atoms with Crippen molar-refractivity contribution in [1.29, 1.82) is 0 Å². The summed E-state index contributed by atoms with van der Waals surface area (Å²) in [5.41, 5.74) is 0.738. The molecule has 0 saturated heterocycles. The molecule has 0 aromatic carbocycles. The second kappa shape index (κ2) is 6.67. The summed E-state index contributed by atoms with van der Waals surface area (Å²) >= 11 is 2.09. The molecule has 0 spiro atoms. The first-order valence-corrected chi connectivity index (χ1v) is 9.63. The van der Waals surface area contributed by atoms with Crippen LogP contribution in [0.2, 0.25) is 0 Å². The van der Waals surface area contributed by atoms with E-state index in [1.807, 2.05) is 16.6 Å². The smallest absolute Gasteiger partial charge is 0.178 e. The van der Waals surface area contributed by atoms with Crippen LogP contribution < -0.4 is 5.32 Å². The molecule has 23 heavy (non-hydrogen) atoms. The highest BCUT2D eigenvalue weighted by atomic mass is 32.2. The summed E-state index contributed by atoms with van der Waals surface area (Å²) in [6.07, 6.45) is 5.11. The van der Waals surface area contributed by atoms with Crippen LogP contribution >= 0.6 is 11.8 Å². The number of rotatable bonds is 4. The number of aromatic nitrogens is 4. The lowest BCUT2D eigenvalue weighted by Gasteiger charge is -2.29. The lowest BCUT2D eigenvalue weighted by Crippen LogP contribution is -2.29. The number of thioether (sulfide) groups is 1. The highest BCUT2D eigenvalue weighted by molar-refractivity contribution is 7.99. The van der Waals surface area contributed by atoms with Gasteiger partial charge in [0.2, 0.25) is 0 Å². The van der Waals surface area contributed by atoms with E-state index in [4.69, 9.17) is 5.10 Å². The van der Waals surface area contributed by atoms with E-state index in [1.165, 1.54) is 31.4 Å². The topological polar surface area (TPSA) is 55.1 Å². The Balaban J connectivity index is 1.78. The first-order chi connectivity index (χ1) is 11.0. The third kappa shape index (κ3) is 3.79. The fraction of sp³-hybridized carbons (Fsp3) is 0.706. The van der Waals surface area contributed by atoms with Gasteiger partial charge < -0.3 is 5.32 Å². The molecule has 2 aromatic heterocycles. The van der Waals surface area contributed by atoms with E-state index >= 15 is 0 Å². The maximum Gasteiger partial charge on any atom is 0.178 e. The van der Waals surface area contributed by atoms with Gasteiger partial charge in [-0.05, 0) is 37.1 Å². The maximum absolute atomic E-state index is 4.74. The number of nitrogens with zero attached hydrogens (tertiary/aromatic N) is 4. The van der Waals surface area contributed by atoms with Crippen LogP contribution in [0.4, 0.5) is 5.82 Å². The molecule has 0 radical (unpaired) electrons. The van der Waals surface area contributed by atoms with E-state index in [9.17, 15) is 0 Å². The van der Waals surface area contributed by atoms with Gasteiger partial charge in [0.15, 0.2) is 11.5 Å². The van der Waals surface area contributed by atoms with Crippen molar-refractivity contribution in [1.82, 2.24) is 19.8 Å². The molecule has 1 saturated carbocycles. The van der Waals surface area contributed by atoms with E-state index in [2.05, 4.69) is 55.0 Å². The summed E-state index contributed by atoms with van der Waals surface area (Å²) in [6, 6.07) is 4.54. The molecule has 1 N–H and O–H groups in total. The average molecular weight is 334 g/mol. The van der Waals surface area contributed by atoms with Crippen molar-refractivity contribution in [3.63, 3.8) is 0 Å². The Bertz CT molecular complexity index is 659. The number of hydrogen-bond donors (Lipinski definition) is 1. The van der Waals surface area contributed by atoms with Crippen molar-refractivity contribution in [2.75, 3.05) is 11.1 Å². The minimum atomic E-state index is -0.0707. The molecule has 0 aliphatic heterocycles. The van der Waals surface area contributed by atoms with E-state index in [0.717, 1.165) is 22.5 Å². The molecule has 0 bridgehead atoms. The van der Waals surface area contributed by atoms with Crippen LogP contribution in [-0.4, -0.2) is 36.9 Å². The van der Waals surface area contributed by atoms with E-state index in [-0.39, 0.29) is 5.41 Å². The van der Waals surface area contributed by atoms with Gasteiger partial charge in [-0.25, -0.2) is 0 Å². The van der Waals surface area contributed by atoms with Crippen LogP contribution in [0.15, 0.2) is 12.1 Å². The van der Waals surface area contributed by atoms with Gasteiger partial charge in [0, 0.05) is 16.7 Å². The number of hydrogen-bond acceptors (Lipinski definition) is 5. The van der Waals surface area contributed by atoms with Crippen LogP contribution in [0.25, 0.3) is 5.65 Å². The molecule has 2 atom stereocenters. The van der Waals surface area contributed by atoms with Crippen LogP contribution in [-0.2, 0) is 5.41 Å². The SMILES string of the molecule is CCSC1CCCC(Nc2ccc3nnc(C(C)(C)C)n3n2)C1. The zero-order valence-electron chi connectivity index (χ0n) is 14.5. The largest absolute Gasteiger partial charge is 0.366 e. The van der Waals surface area contributed by atoms with E-state index in [1.54, 1.807) is 0 Å². The molecule has 1 fully saturated rings. The maximum atomic E-state index is 4.74. The lowest BCUT2D eigenvalue weighted by molar-refractivity contribution is 0.471. The molecule has 1 aliphatic carbocycles. The van der Waals surface area contributed by atoms with Crippen LogP contribution in [0.5, 0.6) is 0 Å². The zero-order chi connectivity index (χ0) is 16.4. The van der Waals surface area contributed by atoms with Gasteiger partial charge in [-0.15, -0.1) is 15.3 Å². The highest BCUT2D eigenvalue weighted by Crippen LogP contribution is 2.30. The van der Waals surface area contributed by atoms with Gasteiger partial charge in [-0.2, -0.15) is 16.3 Å². The number of anilines is 1. The van der Waals surface area contributed by atoms with Crippen molar-refractivity contribution < 1.29 is 0 Å². The number of nitrogens with one attached hydrogen (secondary N) is 1. The zero-order valence-corrected chi connectivity index (χ0v) is 15.4. The molecule has 2 heterocycles. The van der Waals surface area contributed by atoms with Gasteiger partial charge in [-0.1, -0.05) is 34.1 Å². The molecular formula is C17H27N5S. The van der Waals surface area contributed by atoms with E-state index < -0.39 is 0 Å². The molecule has 5 nitrogen and oxygen atoms in total. The van der Waals surface area contributed by atoms with Gasteiger partial charge >= 0.3 is 0 Å². The summed E-state index contributed by atoms with van der Waals surface area (Å²) in [5, 5.41) is 17.7. The van der Waals surface area contributed by atoms with Crippen LogP contribution in [0.3, 0.4) is 0 Å². The van der Waals surface area contributed by atoms with Gasteiger partial charge in [0.1, 0.15) is 5.82 Å². The van der Waals surface area contributed by atoms with Gasteiger partial charge in [-0.3, -0.25) is 0 Å². The Morgan fingerprint density at radius 1 is 1.26 bits per heavy atom. The summed E-state index contributed by atoms with van der Waals surface area (Å²) in [6.45, 7) is 8.66. The quantitative estimate of drug-likeness (QED) is 0.919. The van der Waals surface area contributed by atoms with Gasteiger partial charge in [0.25, 0.3) is 0 Å². The van der Waals surface area contributed by atoms with Crippen molar-refractivity contribution in [3.05, 3.63) is 18.0 Å². The molecule has 3 rings (SSSR count). The average Bonchev–Trinajstić information content (AvgIpc) is 2.91. The minimum Gasteiger partial charge on any atom is -0.366 e. The Morgan fingerprint density at radius 3 is 2.83 bits per heavy atom. The van der Waals surface area contributed by atoms with Crippen molar-refractivity contribution in [2.45, 2.75) is 70.1 Å². The third-order valence-electron chi connectivity index (χ3n) is 4.31. The molecule has 2 unspecified atom stereocenters. The second-order valence-corrected chi connectivity index (χ2v) is 8.92. The van der Waals surface area contributed by atoms with Crippen molar-refractivity contribution in [2.24, 2.45) is 0 Å². The fourth-order valence-corrected chi connectivity index (χ4v) is 4.38. The minimum absolute atomic E-state index is 0.0707. The highest BCUT2D eigenvalue weighted by Gasteiger charge is 2.24. The Morgan fingerprint density at radius 2 is 2.09 bits per heavy atom.